The topological polar surface area (TPSA) is 95.6 Å². The van der Waals surface area contributed by atoms with Gasteiger partial charge in [0.25, 0.3) is 5.91 Å². The van der Waals surface area contributed by atoms with E-state index in [1.165, 1.54) is 28.4 Å². The number of aryl methyl sites for hydroxylation is 1. The number of thiophene rings is 1. The lowest BCUT2D eigenvalue weighted by Gasteiger charge is -2.16. The minimum atomic E-state index is -3.61. The molecular formula is C17H21N3O4S2. The Hall–Kier alpha value is -2.23. The molecule has 1 heterocycles. The van der Waals surface area contributed by atoms with E-state index in [4.69, 9.17) is 0 Å². The monoisotopic (exact) mass is 395 g/mol. The van der Waals surface area contributed by atoms with Gasteiger partial charge in [-0.3, -0.25) is 9.59 Å². The smallest absolute Gasteiger partial charge is 0.264 e. The Morgan fingerprint density at radius 1 is 1.12 bits per heavy atom. The van der Waals surface area contributed by atoms with Gasteiger partial charge >= 0.3 is 0 Å². The van der Waals surface area contributed by atoms with Gasteiger partial charge in [0.2, 0.25) is 15.9 Å². The molecule has 0 saturated heterocycles. The van der Waals surface area contributed by atoms with Crippen LogP contribution in [0, 0.1) is 6.92 Å². The van der Waals surface area contributed by atoms with Crippen molar-refractivity contribution >= 4 is 33.2 Å². The van der Waals surface area contributed by atoms with Crippen LogP contribution in [0.1, 0.15) is 15.2 Å². The van der Waals surface area contributed by atoms with Gasteiger partial charge in [-0.25, -0.2) is 13.1 Å². The van der Waals surface area contributed by atoms with Gasteiger partial charge in [-0.2, -0.15) is 0 Å². The van der Waals surface area contributed by atoms with Crippen LogP contribution in [-0.2, 0) is 14.8 Å². The van der Waals surface area contributed by atoms with E-state index in [2.05, 4.69) is 10.0 Å². The van der Waals surface area contributed by atoms with E-state index >= 15 is 0 Å². The summed E-state index contributed by atoms with van der Waals surface area (Å²) in [5.41, 5.74) is 0.970. The van der Waals surface area contributed by atoms with Crippen LogP contribution in [-0.4, -0.2) is 51.8 Å². The molecule has 2 amide bonds. The standard InChI is InChI=1S/C17H21N3O4S2/c1-13-5-7-14(8-6-13)26(23,24)19-10-9-18-16(21)12-20(2)17(22)15-4-3-11-25-15/h3-8,11,19H,9-10,12H2,1-2H3,(H,18,21). The second-order valence-corrected chi connectivity index (χ2v) is 8.41. The first-order valence-corrected chi connectivity index (χ1v) is 10.3. The number of carbonyl (C=O) groups is 2. The van der Waals surface area contributed by atoms with Gasteiger partial charge in [0.05, 0.1) is 16.3 Å². The molecule has 2 aromatic rings. The van der Waals surface area contributed by atoms with Crippen molar-refractivity contribution in [1.29, 1.82) is 0 Å². The van der Waals surface area contributed by atoms with Gasteiger partial charge in [0, 0.05) is 20.1 Å². The molecule has 0 aliphatic carbocycles. The van der Waals surface area contributed by atoms with Crippen molar-refractivity contribution in [3.05, 3.63) is 52.2 Å². The van der Waals surface area contributed by atoms with Crippen LogP contribution in [0.15, 0.2) is 46.7 Å². The van der Waals surface area contributed by atoms with Crippen molar-refractivity contribution in [2.45, 2.75) is 11.8 Å². The molecule has 1 aromatic carbocycles. The fraction of sp³-hybridized carbons (Fsp3) is 0.294. The molecule has 2 rings (SSSR count). The second-order valence-electron chi connectivity index (χ2n) is 5.70. The molecule has 2 N–H and O–H groups in total. The summed E-state index contributed by atoms with van der Waals surface area (Å²) < 4.78 is 26.6. The maximum Gasteiger partial charge on any atom is 0.264 e. The fourth-order valence-electron chi connectivity index (χ4n) is 2.12. The van der Waals surface area contributed by atoms with Crippen molar-refractivity contribution in [3.8, 4) is 0 Å². The van der Waals surface area contributed by atoms with E-state index in [0.717, 1.165) is 5.56 Å². The van der Waals surface area contributed by atoms with E-state index in [0.29, 0.717) is 4.88 Å². The van der Waals surface area contributed by atoms with Gasteiger partial charge in [0.1, 0.15) is 0 Å². The molecule has 1 aromatic heterocycles. The summed E-state index contributed by atoms with van der Waals surface area (Å²) >= 11 is 1.31. The predicted molar refractivity (Wildman–Crippen MR) is 101 cm³/mol. The Morgan fingerprint density at radius 3 is 2.42 bits per heavy atom. The number of hydrogen-bond donors (Lipinski definition) is 2. The molecule has 9 heteroatoms. The van der Waals surface area contributed by atoms with Crippen LogP contribution in [0.4, 0.5) is 0 Å². The summed E-state index contributed by atoms with van der Waals surface area (Å²) in [5.74, 6) is -0.581. The molecule has 0 aliphatic rings. The van der Waals surface area contributed by atoms with E-state index in [1.807, 2.05) is 6.92 Å². The number of hydrogen-bond acceptors (Lipinski definition) is 5. The SMILES string of the molecule is Cc1ccc(S(=O)(=O)NCCNC(=O)CN(C)C(=O)c2cccs2)cc1. The van der Waals surface area contributed by atoms with Gasteiger partial charge in [-0.1, -0.05) is 23.8 Å². The predicted octanol–water partition coefficient (Wildman–Crippen LogP) is 1.22. The lowest BCUT2D eigenvalue weighted by atomic mass is 10.2. The van der Waals surface area contributed by atoms with Crippen LogP contribution in [0.3, 0.4) is 0 Å². The third-order valence-corrected chi connectivity index (χ3v) is 5.86. The zero-order chi connectivity index (χ0) is 19.2. The Labute approximate surface area is 157 Å². The normalized spacial score (nSPS) is 11.2. The Kier molecular flexibility index (Phi) is 6.90. The third-order valence-electron chi connectivity index (χ3n) is 3.53. The number of carbonyl (C=O) groups excluding carboxylic acids is 2. The van der Waals surface area contributed by atoms with Crippen LogP contribution >= 0.6 is 11.3 Å². The van der Waals surface area contributed by atoms with Crippen LogP contribution in [0.2, 0.25) is 0 Å². The first-order valence-electron chi connectivity index (χ1n) is 7.91. The Balaban J connectivity index is 1.74. The van der Waals surface area contributed by atoms with Crippen molar-refractivity contribution in [2.75, 3.05) is 26.7 Å². The van der Waals surface area contributed by atoms with Crippen molar-refractivity contribution in [3.63, 3.8) is 0 Å². The van der Waals surface area contributed by atoms with Gasteiger partial charge in [-0.15, -0.1) is 11.3 Å². The molecule has 7 nitrogen and oxygen atoms in total. The Bertz CT molecular complexity index is 847. The zero-order valence-corrected chi connectivity index (χ0v) is 16.2. The first-order chi connectivity index (χ1) is 12.3. The highest BCUT2D eigenvalue weighted by Gasteiger charge is 2.16. The van der Waals surface area contributed by atoms with Gasteiger partial charge < -0.3 is 10.2 Å². The van der Waals surface area contributed by atoms with E-state index in [9.17, 15) is 18.0 Å². The summed E-state index contributed by atoms with van der Waals surface area (Å²) in [6.07, 6.45) is 0. The number of sulfonamides is 1. The molecule has 140 valence electrons. The minimum Gasteiger partial charge on any atom is -0.353 e. The molecular weight excluding hydrogens is 374 g/mol. The third kappa shape index (κ3) is 5.65. The highest BCUT2D eigenvalue weighted by atomic mass is 32.2. The van der Waals surface area contributed by atoms with E-state index in [-0.39, 0.29) is 36.3 Å². The number of likely N-dealkylation sites (N-methyl/N-ethyl adjacent to an activating group) is 1. The Morgan fingerprint density at radius 2 is 1.81 bits per heavy atom. The molecule has 0 spiro atoms. The second kappa shape index (κ2) is 8.93. The summed E-state index contributed by atoms with van der Waals surface area (Å²) in [7, 11) is -2.06. The van der Waals surface area contributed by atoms with Crippen LogP contribution in [0.25, 0.3) is 0 Å². The highest BCUT2D eigenvalue weighted by molar-refractivity contribution is 7.89. The van der Waals surface area contributed by atoms with E-state index < -0.39 is 10.0 Å². The number of nitrogens with zero attached hydrogens (tertiary/aromatic N) is 1. The van der Waals surface area contributed by atoms with Crippen molar-refractivity contribution < 1.29 is 18.0 Å². The lowest BCUT2D eigenvalue weighted by molar-refractivity contribution is -0.121. The molecule has 0 fully saturated rings. The zero-order valence-electron chi connectivity index (χ0n) is 14.6. The molecule has 0 saturated carbocycles. The number of nitrogens with one attached hydrogen (secondary N) is 2. The summed E-state index contributed by atoms with van der Waals surface area (Å²) in [4.78, 5) is 26.0. The molecule has 26 heavy (non-hydrogen) atoms. The van der Waals surface area contributed by atoms with E-state index in [1.54, 1.807) is 36.7 Å². The average molecular weight is 396 g/mol. The van der Waals surface area contributed by atoms with Crippen LogP contribution < -0.4 is 10.0 Å². The summed E-state index contributed by atoms with van der Waals surface area (Å²) in [5, 5.41) is 4.38. The quantitative estimate of drug-likeness (QED) is 0.657. The number of amides is 2. The largest absolute Gasteiger partial charge is 0.353 e. The lowest BCUT2D eigenvalue weighted by Crippen LogP contribution is -2.41. The van der Waals surface area contributed by atoms with Crippen molar-refractivity contribution in [2.24, 2.45) is 0 Å². The summed E-state index contributed by atoms with van der Waals surface area (Å²) in [6.45, 7) is 1.97. The maximum absolute atomic E-state index is 12.1. The number of benzene rings is 1. The van der Waals surface area contributed by atoms with Gasteiger partial charge in [0.15, 0.2) is 0 Å². The summed E-state index contributed by atoms with van der Waals surface area (Å²) in [6, 6.07) is 9.96. The minimum absolute atomic E-state index is 0.0601. The van der Waals surface area contributed by atoms with Crippen LogP contribution in [0.5, 0.6) is 0 Å². The average Bonchev–Trinajstić information content (AvgIpc) is 3.13. The maximum atomic E-state index is 12.1. The highest BCUT2D eigenvalue weighted by Crippen LogP contribution is 2.11. The fourth-order valence-corrected chi connectivity index (χ4v) is 3.87. The molecule has 0 atom stereocenters. The molecule has 0 aliphatic heterocycles. The number of rotatable bonds is 8. The van der Waals surface area contributed by atoms with Crippen molar-refractivity contribution in [1.82, 2.24) is 14.9 Å². The molecule has 0 unspecified atom stereocenters. The molecule has 0 bridgehead atoms. The first kappa shape index (κ1) is 20.1. The molecule has 0 radical (unpaired) electrons. The van der Waals surface area contributed by atoms with Gasteiger partial charge in [-0.05, 0) is 30.5 Å².